The number of aromatic carboxylic acids is 1. The first kappa shape index (κ1) is 10.3. The Morgan fingerprint density at radius 2 is 2.31 bits per heavy atom. The lowest BCUT2D eigenvalue weighted by molar-refractivity contribution is 0.0651. The molecule has 0 aliphatic carbocycles. The van der Waals surface area contributed by atoms with E-state index in [0.29, 0.717) is 5.13 Å². The molecule has 0 saturated carbocycles. The minimum Gasteiger partial charge on any atom is -0.475 e. The van der Waals surface area contributed by atoms with Gasteiger partial charge in [-0.1, -0.05) is 5.16 Å². The number of carbonyl (C=O) groups excluding carboxylic acids is 1. The van der Waals surface area contributed by atoms with Crippen molar-refractivity contribution in [3.63, 3.8) is 0 Å². The van der Waals surface area contributed by atoms with Crippen molar-refractivity contribution in [2.75, 3.05) is 5.32 Å². The number of nitrogens with one attached hydrogen (secondary N) is 1. The number of aromatic nitrogens is 2. The number of carbonyl (C=O) groups is 2. The van der Waals surface area contributed by atoms with E-state index in [4.69, 9.17) is 5.11 Å². The Bertz CT molecular complexity index is 519. The Hall–Kier alpha value is -2.22. The van der Waals surface area contributed by atoms with Gasteiger partial charge in [-0.2, -0.15) is 0 Å². The lowest BCUT2D eigenvalue weighted by Crippen LogP contribution is -2.11. The number of hydrogen-bond donors (Lipinski definition) is 2. The zero-order valence-electron chi connectivity index (χ0n) is 7.71. The van der Waals surface area contributed by atoms with Crippen LogP contribution in [0.4, 0.5) is 5.13 Å². The predicted octanol–water partition coefficient (Wildman–Crippen LogP) is 1.08. The number of anilines is 1. The molecular formula is C8H5N3O4S. The standard InChI is InChI=1S/C8H5N3O4S/c12-6(10-8-9-1-2-16-8)4-3-5(7(13)14)15-11-4/h1-3H,(H,13,14)(H,9,10,12). The Morgan fingerprint density at radius 1 is 1.50 bits per heavy atom. The number of thiazole rings is 1. The van der Waals surface area contributed by atoms with Crippen molar-refractivity contribution in [2.45, 2.75) is 0 Å². The van der Waals surface area contributed by atoms with Gasteiger partial charge < -0.3 is 9.63 Å². The minimum atomic E-state index is -1.28. The molecule has 0 aliphatic rings. The van der Waals surface area contributed by atoms with Crippen LogP contribution in [0.5, 0.6) is 0 Å². The molecule has 16 heavy (non-hydrogen) atoms. The zero-order chi connectivity index (χ0) is 11.5. The molecule has 0 unspecified atom stereocenters. The largest absolute Gasteiger partial charge is 0.475 e. The Kier molecular flexibility index (Phi) is 2.64. The van der Waals surface area contributed by atoms with Crippen LogP contribution in [0.15, 0.2) is 22.2 Å². The molecule has 0 radical (unpaired) electrons. The molecule has 2 aromatic rings. The van der Waals surface area contributed by atoms with Gasteiger partial charge in [0.2, 0.25) is 5.76 Å². The molecule has 2 rings (SSSR count). The maximum absolute atomic E-state index is 11.5. The van der Waals surface area contributed by atoms with Crippen LogP contribution in [0.25, 0.3) is 0 Å². The Balaban J connectivity index is 2.12. The average molecular weight is 239 g/mol. The van der Waals surface area contributed by atoms with E-state index in [1.807, 2.05) is 0 Å². The van der Waals surface area contributed by atoms with Crippen LogP contribution < -0.4 is 5.32 Å². The van der Waals surface area contributed by atoms with Crippen molar-refractivity contribution in [3.05, 3.63) is 29.1 Å². The summed E-state index contributed by atoms with van der Waals surface area (Å²) >= 11 is 1.24. The van der Waals surface area contributed by atoms with Crippen molar-refractivity contribution in [1.82, 2.24) is 10.1 Å². The van der Waals surface area contributed by atoms with Crippen molar-refractivity contribution < 1.29 is 19.2 Å². The first-order valence-electron chi connectivity index (χ1n) is 4.07. The van der Waals surface area contributed by atoms with Crippen molar-refractivity contribution in [2.24, 2.45) is 0 Å². The van der Waals surface area contributed by atoms with E-state index in [0.717, 1.165) is 6.07 Å². The first-order chi connectivity index (χ1) is 7.66. The number of nitrogens with zero attached hydrogens (tertiary/aromatic N) is 2. The smallest absolute Gasteiger partial charge is 0.374 e. The summed E-state index contributed by atoms with van der Waals surface area (Å²) in [5, 5.41) is 16.4. The van der Waals surface area contributed by atoms with E-state index in [2.05, 4.69) is 20.0 Å². The van der Waals surface area contributed by atoms with Gasteiger partial charge in [-0.15, -0.1) is 11.3 Å². The molecule has 0 spiro atoms. The second-order valence-electron chi connectivity index (χ2n) is 2.67. The van der Waals surface area contributed by atoms with Crippen LogP contribution in [0.2, 0.25) is 0 Å². The minimum absolute atomic E-state index is 0.104. The predicted molar refractivity (Wildman–Crippen MR) is 53.5 cm³/mol. The molecule has 2 aromatic heterocycles. The molecule has 1 amide bonds. The third-order valence-corrected chi connectivity index (χ3v) is 2.29. The van der Waals surface area contributed by atoms with E-state index in [-0.39, 0.29) is 11.5 Å². The van der Waals surface area contributed by atoms with Gasteiger partial charge in [0.1, 0.15) is 0 Å². The van der Waals surface area contributed by atoms with E-state index in [1.165, 1.54) is 17.5 Å². The Labute approximate surface area is 92.7 Å². The fraction of sp³-hybridized carbons (Fsp3) is 0. The van der Waals surface area contributed by atoms with E-state index < -0.39 is 11.9 Å². The van der Waals surface area contributed by atoms with Gasteiger partial charge in [-0.05, 0) is 0 Å². The molecule has 0 aliphatic heterocycles. The summed E-state index contributed by atoms with van der Waals surface area (Å²) in [6.45, 7) is 0. The molecule has 0 bridgehead atoms. The molecule has 7 nitrogen and oxygen atoms in total. The number of rotatable bonds is 3. The van der Waals surface area contributed by atoms with Gasteiger partial charge in [-0.25, -0.2) is 9.78 Å². The maximum atomic E-state index is 11.5. The summed E-state index contributed by atoms with van der Waals surface area (Å²) in [5.41, 5.74) is -0.104. The second kappa shape index (κ2) is 4.11. The highest BCUT2D eigenvalue weighted by Gasteiger charge is 2.17. The molecule has 0 fully saturated rings. The molecule has 0 atom stereocenters. The van der Waals surface area contributed by atoms with Gasteiger partial charge in [-0.3, -0.25) is 10.1 Å². The van der Waals surface area contributed by atoms with Gasteiger partial charge in [0.15, 0.2) is 10.8 Å². The molecular weight excluding hydrogens is 234 g/mol. The Morgan fingerprint density at radius 3 is 2.88 bits per heavy atom. The monoisotopic (exact) mass is 239 g/mol. The van der Waals surface area contributed by atoms with Crippen LogP contribution >= 0.6 is 11.3 Å². The van der Waals surface area contributed by atoms with Crippen molar-refractivity contribution in [1.29, 1.82) is 0 Å². The van der Waals surface area contributed by atoms with E-state index >= 15 is 0 Å². The van der Waals surface area contributed by atoms with E-state index in [1.54, 1.807) is 5.38 Å². The molecule has 2 heterocycles. The number of carboxylic acid groups (broad SMARTS) is 1. The molecule has 0 saturated heterocycles. The van der Waals surface area contributed by atoms with Crippen molar-refractivity contribution >= 4 is 28.3 Å². The number of carboxylic acids is 1. The molecule has 2 N–H and O–H groups in total. The number of hydrogen-bond acceptors (Lipinski definition) is 6. The summed E-state index contributed by atoms with van der Waals surface area (Å²) in [5.74, 6) is -2.23. The topological polar surface area (TPSA) is 105 Å². The molecule has 8 heteroatoms. The summed E-state index contributed by atoms with van der Waals surface area (Å²) in [4.78, 5) is 25.8. The normalized spacial score (nSPS) is 10.0. The van der Waals surface area contributed by atoms with Crippen LogP contribution in [0.3, 0.4) is 0 Å². The van der Waals surface area contributed by atoms with Gasteiger partial charge in [0.25, 0.3) is 5.91 Å². The third kappa shape index (κ3) is 2.06. The van der Waals surface area contributed by atoms with Gasteiger partial charge in [0, 0.05) is 17.6 Å². The average Bonchev–Trinajstić information content (AvgIpc) is 2.86. The summed E-state index contributed by atoms with van der Waals surface area (Å²) < 4.78 is 4.44. The summed E-state index contributed by atoms with van der Waals surface area (Å²) in [6.07, 6.45) is 1.53. The van der Waals surface area contributed by atoms with Gasteiger partial charge in [0.05, 0.1) is 0 Å². The zero-order valence-corrected chi connectivity index (χ0v) is 8.52. The summed E-state index contributed by atoms with van der Waals surface area (Å²) in [7, 11) is 0. The molecule has 0 aromatic carbocycles. The SMILES string of the molecule is O=C(Nc1nccs1)c1cc(C(=O)O)on1. The highest BCUT2D eigenvalue weighted by atomic mass is 32.1. The third-order valence-electron chi connectivity index (χ3n) is 1.61. The molecule has 82 valence electrons. The second-order valence-corrected chi connectivity index (χ2v) is 3.57. The van der Waals surface area contributed by atoms with Gasteiger partial charge >= 0.3 is 5.97 Å². The highest BCUT2D eigenvalue weighted by Crippen LogP contribution is 2.12. The first-order valence-corrected chi connectivity index (χ1v) is 4.95. The lowest BCUT2D eigenvalue weighted by atomic mass is 10.3. The van der Waals surface area contributed by atoms with Crippen LogP contribution in [-0.4, -0.2) is 27.1 Å². The number of amides is 1. The lowest BCUT2D eigenvalue weighted by Gasteiger charge is -1.95. The van der Waals surface area contributed by atoms with Crippen molar-refractivity contribution in [3.8, 4) is 0 Å². The quantitative estimate of drug-likeness (QED) is 0.830. The van der Waals surface area contributed by atoms with Crippen LogP contribution in [0.1, 0.15) is 21.0 Å². The van der Waals surface area contributed by atoms with Crippen LogP contribution in [0, 0.1) is 0 Å². The van der Waals surface area contributed by atoms with Crippen LogP contribution in [-0.2, 0) is 0 Å². The summed E-state index contributed by atoms with van der Waals surface area (Å²) in [6, 6.07) is 1.05. The van der Waals surface area contributed by atoms with E-state index in [9.17, 15) is 9.59 Å². The fourth-order valence-electron chi connectivity index (χ4n) is 0.929. The highest BCUT2D eigenvalue weighted by molar-refractivity contribution is 7.13. The fourth-order valence-corrected chi connectivity index (χ4v) is 1.45. The maximum Gasteiger partial charge on any atom is 0.374 e.